The van der Waals surface area contributed by atoms with Crippen molar-refractivity contribution in [3.8, 4) is 11.9 Å². The lowest BCUT2D eigenvalue weighted by Crippen LogP contribution is -2.19. The summed E-state index contributed by atoms with van der Waals surface area (Å²) in [5.41, 5.74) is 2.11. The molecule has 0 aliphatic rings. The second kappa shape index (κ2) is 6.30. The van der Waals surface area contributed by atoms with Gasteiger partial charge in [0, 0.05) is 0 Å². The van der Waals surface area contributed by atoms with Gasteiger partial charge in [0.1, 0.15) is 12.2 Å². The zero-order chi connectivity index (χ0) is 16.2. The molecule has 3 rings (SSSR count). The summed E-state index contributed by atoms with van der Waals surface area (Å²) in [5.74, 6) is 0.000842. The summed E-state index contributed by atoms with van der Waals surface area (Å²) in [6.07, 6.45) is 3.07. The van der Waals surface area contributed by atoms with Gasteiger partial charge in [-0.25, -0.2) is 9.97 Å². The summed E-state index contributed by atoms with van der Waals surface area (Å²) >= 11 is 0. The van der Waals surface area contributed by atoms with Crippen LogP contribution in [0.5, 0.6) is 11.9 Å². The quantitative estimate of drug-likeness (QED) is 0.767. The van der Waals surface area contributed by atoms with Crippen LogP contribution < -0.4 is 14.8 Å². The molecule has 0 saturated carbocycles. The number of carbonyl (C=O) groups is 1. The normalized spacial score (nSPS) is 10.5. The van der Waals surface area contributed by atoms with Crippen molar-refractivity contribution < 1.29 is 14.3 Å². The first-order valence-corrected chi connectivity index (χ1v) is 6.86. The molecule has 2 heterocycles. The van der Waals surface area contributed by atoms with Gasteiger partial charge in [0.2, 0.25) is 11.8 Å². The van der Waals surface area contributed by atoms with Gasteiger partial charge in [-0.2, -0.15) is 4.98 Å². The maximum atomic E-state index is 12.2. The van der Waals surface area contributed by atoms with Gasteiger partial charge in [0.25, 0.3) is 0 Å². The number of carbonyl (C=O) groups excluding carboxylic acids is 1. The van der Waals surface area contributed by atoms with E-state index in [0.717, 1.165) is 11.0 Å². The molecule has 1 N–H and O–H groups in total. The molecule has 8 heteroatoms. The van der Waals surface area contributed by atoms with Crippen LogP contribution >= 0.6 is 0 Å². The minimum absolute atomic E-state index is 0.121. The lowest BCUT2D eigenvalue weighted by atomic mass is 10.3. The van der Waals surface area contributed by atoms with E-state index in [-0.39, 0.29) is 24.3 Å². The molecule has 0 radical (unpaired) electrons. The molecular formula is C15H15N5O3. The van der Waals surface area contributed by atoms with Gasteiger partial charge >= 0.3 is 6.01 Å². The summed E-state index contributed by atoms with van der Waals surface area (Å²) in [6.45, 7) is 0.121. The summed E-state index contributed by atoms with van der Waals surface area (Å²) < 4.78 is 11.8. The summed E-state index contributed by atoms with van der Waals surface area (Å²) in [4.78, 5) is 24.5. The summed E-state index contributed by atoms with van der Waals surface area (Å²) in [7, 11) is 2.91. The molecule has 118 valence electrons. The Labute approximate surface area is 132 Å². The van der Waals surface area contributed by atoms with Crippen molar-refractivity contribution in [3.05, 3.63) is 36.8 Å². The van der Waals surface area contributed by atoms with Crippen LogP contribution in [0.1, 0.15) is 0 Å². The highest BCUT2D eigenvalue weighted by atomic mass is 16.5. The van der Waals surface area contributed by atoms with Crippen LogP contribution in [0.3, 0.4) is 0 Å². The average Bonchev–Trinajstić information content (AvgIpc) is 2.98. The molecule has 1 amide bonds. The Balaban J connectivity index is 1.77. The number of rotatable bonds is 5. The second-order valence-electron chi connectivity index (χ2n) is 4.69. The predicted molar refractivity (Wildman–Crippen MR) is 83.5 cm³/mol. The molecular weight excluding hydrogens is 298 g/mol. The summed E-state index contributed by atoms with van der Waals surface area (Å²) in [5, 5.41) is 2.72. The van der Waals surface area contributed by atoms with Crippen molar-refractivity contribution in [2.75, 3.05) is 19.5 Å². The van der Waals surface area contributed by atoms with Gasteiger partial charge < -0.3 is 19.4 Å². The zero-order valence-electron chi connectivity index (χ0n) is 12.7. The monoisotopic (exact) mass is 313 g/mol. The third kappa shape index (κ3) is 3.05. The number of hydrogen-bond acceptors (Lipinski definition) is 6. The van der Waals surface area contributed by atoms with E-state index in [4.69, 9.17) is 9.47 Å². The molecule has 0 bridgehead atoms. The summed E-state index contributed by atoms with van der Waals surface area (Å²) in [6, 6.07) is 7.77. The second-order valence-corrected chi connectivity index (χ2v) is 4.69. The van der Waals surface area contributed by atoms with Crippen LogP contribution in [0.2, 0.25) is 0 Å². The van der Waals surface area contributed by atoms with Crippen LogP contribution in [0.15, 0.2) is 36.8 Å². The fourth-order valence-electron chi connectivity index (χ4n) is 2.17. The Hall–Kier alpha value is -3.16. The number of benzene rings is 1. The molecule has 0 saturated heterocycles. The molecule has 2 aromatic heterocycles. The highest BCUT2D eigenvalue weighted by molar-refractivity contribution is 5.92. The third-order valence-corrected chi connectivity index (χ3v) is 3.22. The number of aromatic nitrogens is 4. The first kappa shape index (κ1) is 14.8. The molecule has 1 aromatic carbocycles. The van der Waals surface area contributed by atoms with E-state index in [9.17, 15) is 4.79 Å². The van der Waals surface area contributed by atoms with Gasteiger partial charge in [-0.15, -0.1) is 0 Å². The third-order valence-electron chi connectivity index (χ3n) is 3.22. The van der Waals surface area contributed by atoms with Crippen molar-refractivity contribution in [1.82, 2.24) is 19.5 Å². The van der Waals surface area contributed by atoms with Gasteiger partial charge in [-0.3, -0.25) is 4.79 Å². The molecule has 3 aromatic rings. The van der Waals surface area contributed by atoms with Crippen molar-refractivity contribution in [1.29, 1.82) is 0 Å². The molecule has 0 unspecified atom stereocenters. The Bertz CT molecular complexity index is 846. The first-order valence-electron chi connectivity index (χ1n) is 6.86. The SMILES string of the molecule is COc1ncc(NC(=O)Cn2cnc3ccccc32)c(OC)n1. The number of para-hydroxylation sites is 2. The largest absolute Gasteiger partial charge is 0.479 e. The van der Waals surface area contributed by atoms with E-state index in [0.29, 0.717) is 5.69 Å². The number of imidazole rings is 1. The van der Waals surface area contributed by atoms with Crippen LogP contribution in [0.25, 0.3) is 11.0 Å². The van der Waals surface area contributed by atoms with E-state index in [1.54, 1.807) is 10.9 Å². The first-order chi connectivity index (χ1) is 11.2. The number of nitrogens with zero attached hydrogens (tertiary/aromatic N) is 4. The van der Waals surface area contributed by atoms with Gasteiger partial charge in [0.05, 0.1) is 37.8 Å². The Kier molecular flexibility index (Phi) is 4.05. The fourth-order valence-corrected chi connectivity index (χ4v) is 2.17. The highest BCUT2D eigenvalue weighted by Crippen LogP contribution is 2.22. The fraction of sp³-hybridized carbons (Fsp3) is 0.200. The minimum Gasteiger partial charge on any atom is -0.479 e. The smallest absolute Gasteiger partial charge is 0.319 e. The molecule has 0 aliphatic carbocycles. The number of methoxy groups -OCH3 is 2. The molecule has 0 fully saturated rings. The number of amides is 1. The lowest BCUT2D eigenvalue weighted by Gasteiger charge is -2.10. The van der Waals surface area contributed by atoms with Gasteiger partial charge in [-0.1, -0.05) is 12.1 Å². The highest BCUT2D eigenvalue weighted by Gasteiger charge is 2.12. The van der Waals surface area contributed by atoms with Crippen LogP contribution in [0.4, 0.5) is 5.69 Å². The maximum Gasteiger partial charge on any atom is 0.319 e. The van der Waals surface area contributed by atoms with Gasteiger partial charge in [-0.05, 0) is 12.1 Å². The van der Waals surface area contributed by atoms with Crippen LogP contribution in [-0.4, -0.2) is 39.6 Å². The molecule has 8 nitrogen and oxygen atoms in total. The zero-order valence-corrected chi connectivity index (χ0v) is 12.7. The topological polar surface area (TPSA) is 91.2 Å². The van der Waals surface area contributed by atoms with E-state index in [2.05, 4.69) is 20.3 Å². The minimum atomic E-state index is -0.236. The number of fused-ring (bicyclic) bond motifs is 1. The Morgan fingerprint density at radius 1 is 1.22 bits per heavy atom. The number of anilines is 1. The molecule has 23 heavy (non-hydrogen) atoms. The molecule has 0 atom stereocenters. The van der Waals surface area contributed by atoms with E-state index < -0.39 is 0 Å². The van der Waals surface area contributed by atoms with E-state index in [1.807, 2.05) is 24.3 Å². The number of ether oxygens (including phenoxy) is 2. The standard InChI is InChI=1S/C15H15N5O3/c1-22-14-11(7-16-15(19-14)23-2)18-13(21)8-20-9-17-10-5-3-4-6-12(10)20/h3-7,9H,8H2,1-2H3,(H,18,21). The van der Waals surface area contributed by atoms with Crippen LogP contribution in [-0.2, 0) is 11.3 Å². The van der Waals surface area contributed by atoms with E-state index in [1.165, 1.54) is 20.4 Å². The number of nitrogens with one attached hydrogen (secondary N) is 1. The molecule has 0 spiro atoms. The lowest BCUT2D eigenvalue weighted by molar-refractivity contribution is -0.116. The van der Waals surface area contributed by atoms with E-state index >= 15 is 0 Å². The van der Waals surface area contributed by atoms with Crippen LogP contribution in [0, 0.1) is 0 Å². The van der Waals surface area contributed by atoms with Crippen molar-refractivity contribution in [2.45, 2.75) is 6.54 Å². The van der Waals surface area contributed by atoms with Crippen molar-refractivity contribution in [2.24, 2.45) is 0 Å². The molecule has 0 aliphatic heterocycles. The Morgan fingerprint density at radius 3 is 2.83 bits per heavy atom. The Morgan fingerprint density at radius 2 is 2.04 bits per heavy atom. The van der Waals surface area contributed by atoms with Crippen molar-refractivity contribution in [3.63, 3.8) is 0 Å². The van der Waals surface area contributed by atoms with Crippen molar-refractivity contribution >= 4 is 22.6 Å². The maximum absolute atomic E-state index is 12.2. The average molecular weight is 313 g/mol. The predicted octanol–water partition coefficient (Wildman–Crippen LogP) is 1.48. The van der Waals surface area contributed by atoms with Gasteiger partial charge in [0.15, 0.2) is 0 Å². The number of hydrogen-bond donors (Lipinski definition) is 1.